The first-order valence-electron chi connectivity index (χ1n) is 10.8. The first-order chi connectivity index (χ1) is 13.2. The Morgan fingerprint density at radius 1 is 0.704 bits per heavy atom. The zero-order valence-corrected chi connectivity index (χ0v) is 17.1. The van der Waals surface area contributed by atoms with E-state index in [0.29, 0.717) is 12.4 Å². The third kappa shape index (κ3) is 7.74. The Kier molecular flexibility index (Phi) is 9.97. The maximum atomic E-state index is 14.2. The second-order valence-corrected chi connectivity index (χ2v) is 7.42. The van der Waals surface area contributed by atoms with E-state index in [-0.39, 0.29) is 5.82 Å². The summed E-state index contributed by atoms with van der Waals surface area (Å²) in [5.74, 6) is 0.0681. The van der Waals surface area contributed by atoms with E-state index in [0.717, 1.165) is 30.4 Å². The smallest absolute Gasteiger partial charge is 0.165 e. The van der Waals surface area contributed by atoms with Crippen LogP contribution in [-0.2, 0) is 6.42 Å². The number of benzene rings is 2. The molecule has 0 aliphatic carbocycles. The van der Waals surface area contributed by atoms with Crippen molar-refractivity contribution in [3.8, 4) is 16.9 Å². The van der Waals surface area contributed by atoms with Crippen LogP contribution in [0.4, 0.5) is 4.39 Å². The van der Waals surface area contributed by atoms with E-state index in [2.05, 4.69) is 38.1 Å². The lowest BCUT2D eigenvalue weighted by Crippen LogP contribution is -1.98. The van der Waals surface area contributed by atoms with Crippen LogP contribution in [0.2, 0.25) is 0 Å². The Morgan fingerprint density at radius 2 is 1.33 bits per heavy atom. The molecule has 0 N–H and O–H groups in total. The van der Waals surface area contributed by atoms with Gasteiger partial charge >= 0.3 is 0 Å². The molecule has 0 radical (unpaired) electrons. The molecule has 0 aliphatic rings. The highest BCUT2D eigenvalue weighted by Gasteiger charge is 2.06. The van der Waals surface area contributed by atoms with Crippen LogP contribution in [0.25, 0.3) is 11.1 Å². The molecule has 0 unspecified atom stereocenters. The number of rotatable bonds is 13. The molecule has 1 nitrogen and oxygen atoms in total. The number of halogens is 1. The van der Waals surface area contributed by atoms with Crippen molar-refractivity contribution in [2.45, 2.75) is 78.1 Å². The van der Waals surface area contributed by atoms with Crippen LogP contribution < -0.4 is 4.74 Å². The maximum Gasteiger partial charge on any atom is 0.165 e. The molecule has 2 aromatic rings. The number of ether oxygens (including phenoxy) is 1. The first-order valence-corrected chi connectivity index (χ1v) is 10.8. The van der Waals surface area contributed by atoms with Crippen molar-refractivity contribution in [1.82, 2.24) is 0 Å². The predicted molar refractivity (Wildman–Crippen MR) is 114 cm³/mol. The molecule has 0 atom stereocenters. The highest BCUT2D eigenvalue weighted by atomic mass is 19.1. The Hall–Kier alpha value is -1.83. The molecule has 27 heavy (non-hydrogen) atoms. The van der Waals surface area contributed by atoms with Crippen LogP contribution in [0.1, 0.15) is 77.2 Å². The Morgan fingerprint density at radius 3 is 2.00 bits per heavy atom. The van der Waals surface area contributed by atoms with Gasteiger partial charge in [-0.25, -0.2) is 4.39 Å². The molecule has 0 saturated heterocycles. The van der Waals surface area contributed by atoms with E-state index in [1.54, 1.807) is 12.1 Å². The topological polar surface area (TPSA) is 9.23 Å². The summed E-state index contributed by atoms with van der Waals surface area (Å²) in [6.45, 7) is 4.92. The van der Waals surface area contributed by atoms with Crippen molar-refractivity contribution < 1.29 is 9.13 Å². The third-order valence-corrected chi connectivity index (χ3v) is 5.04. The highest BCUT2D eigenvalue weighted by Crippen LogP contribution is 2.26. The van der Waals surface area contributed by atoms with Gasteiger partial charge in [0, 0.05) is 0 Å². The van der Waals surface area contributed by atoms with Gasteiger partial charge in [-0.1, -0.05) is 89.1 Å². The van der Waals surface area contributed by atoms with Gasteiger partial charge < -0.3 is 4.74 Å². The van der Waals surface area contributed by atoms with E-state index in [4.69, 9.17) is 4.74 Å². The fourth-order valence-corrected chi connectivity index (χ4v) is 3.27. The first kappa shape index (κ1) is 21.5. The van der Waals surface area contributed by atoms with E-state index in [9.17, 15) is 4.39 Å². The van der Waals surface area contributed by atoms with Crippen LogP contribution in [-0.4, -0.2) is 6.61 Å². The zero-order valence-electron chi connectivity index (χ0n) is 17.1. The van der Waals surface area contributed by atoms with E-state index in [1.165, 1.54) is 50.5 Å². The second kappa shape index (κ2) is 12.5. The van der Waals surface area contributed by atoms with Gasteiger partial charge in [0.1, 0.15) is 0 Å². The van der Waals surface area contributed by atoms with Gasteiger partial charge in [-0.2, -0.15) is 0 Å². The Bertz CT molecular complexity index is 648. The molecule has 2 rings (SSSR count). The van der Waals surface area contributed by atoms with Gasteiger partial charge in [0.05, 0.1) is 6.61 Å². The van der Waals surface area contributed by atoms with E-state index in [1.807, 2.05) is 6.07 Å². The summed E-state index contributed by atoms with van der Waals surface area (Å²) in [4.78, 5) is 0. The average molecular weight is 371 g/mol. The Balaban J connectivity index is 1.81. The molecule has 0 bridgehead atoms. The Labute approximate surface area is 165 Å². The van der Waals surface area contributed by atoms with Crippen LogP contribution in [0.3, 0.4) is 0 Å². The molecule has 0 aliphatic heterocycles. The number of aryl methyl sites for hydroxylation is 1. The zero-order chi connectivity index (χ0) is 19.3. The normalized spacial score (nSPS) is 10.9. The second-order valence-electron chi connectivity index (χ2n) is 7.42. The predicted octanol–water partition coefficient (Wildman–Crippen LogP) is 7.96. The minimum Gasteiger partial charge on any atom is -0.491 e. The lowest BCUT2D eigenvalue weighted by Gasteiger charge is -2.09. The molecular formula is C25H35FO. The van der Waals surface area contributed by atoms with Crippen LogP contribution in [0, 0.1) is 5.82 Å². The summed E-state index contributed by atoms with van der Waals surface area (Å²) in [6, 6.07) is 13.8. The van der Waals surface area contributed by atoms with Crippen molar-refractivity contribution >= 4 is 0 Å². The van der Waals surface area contributed by atoms with E-state index < -0.39 is 0 Å². The molecule has 148 valence electrons. The van der Waals surface area contributed by atoms with Crippen LogP contribution in [0.5, 0.6) is 5.75 Å². The average Bonchev–Trinajstić information content (AvgIpc) is 2.69. The lowest BCUT2D eigenvalue weighted by atomic mass is 10.0. The van der Waals surface area contributed by atoms with Gasteiger partial charge in [-0.05, 0) is 48.1 Å². The standard InChI is InChI=1S/C25H35FO/c1-3-5-7-8-9-10-11-12-21-13-15-22(16-14-21)23-17-18-25(24(26)20-23)27-19-6-4-2/h13-18,20H,3-12,19H2,1-2H3. The highest BCUT2D eigenvalue weighted by molar-refractivity contribution is 5.64. The molecular weight excluding hydrogens is 335 g/mol. The van der Waals surface area contributed by atoms with Crippen molar-refractivity contribution in [3.63, 3.8) is 0 Å². The lowest BCUT2D eigenvalue weighted by molar-refractivity contribution is 0.294. The molecule has 0 amide bonds. The minimum absolute atomic E-state index is 0.282. The van der Waals surface area contributed by atoms with Crippen LogP contribution in [0.15, 0.2) is 42.5 Å². The quantitative estimate of drug-likeness (QED) is 0.325. The van der Waals surface area contributed by atoms with Gasteiger partial charge in [-0.15, -0.1) is 0 Å². The molecule has 2 heteroatoms. The van der Waals surface area contributed by atoms with Crippen molar-refractivity contribution in [2.24, 2.45) is 0 Å². The van der Waals surface area contributed by atoms with Gasteiger partial charge in [0.2, 0.25) is 0 Å². The molecule has 0 spiro atoms. The molecule has 0 saturated carbocycles. The SMILES string of the molecule is CCCCCCCCCc1ccc(-c2ccc(OCCCC)c(F)c2)cc1. The van der Waals surface area contributed by atoms with Gasteiger partial charge in [0.25, 0.3) is 0 Å². The summed E-state index contributed by atoms with van der Waals surface area (Å²) >= 11 is 0. The number of unbranched alkanes of at least 4 members (excludes halogenated alkanes) is 7. The van der Waals surface area contributed by atoms with Crippen molar-refractivity contribution in [3.05, 3.63) is 53.8 Å². The maximum absolute atomic E-state index is 14.2. The molecule has 0 fully saturated rings. The third-order valence-electron chi connectivity index (χ3n) is 5.04. The minimum atomic E-state index is -0.282. The summed E-state index contributed by atoms with van der Waals surface area (Å²) in [5.41, 5.74) is 3.32. The van der Waals surface area contributed by atoms with Crippen molar-refractivity contribution in [1.29, 1.82) is 0 Å². The molecule has 0 heterocycles. The monoisotopic (exact) mass is 370 g/mol. The number of hydrogen-bond donors (Lipinski definition) is 0. The molecule has 0 aromatic heterocycles. The van der Waals surface area contributed by atoms with Gasteiger partial charge in [-0.3, -0.25) is 0 Å². The van der Waals surface area contributed by atoms with Crippen molar-refractivity contribution in [2.75, 3.05) is 6.61 Å². The van der Waals surface area contributed by atoms with Crippen LogP contribution >= 0.6 is 0 Å². The van der Waals surface area contributed by atoms with Gasteiger partial charge in [0.15, 0.2) is 11.6 Å². The fraction of sp³-hybridized carbons (Fsp3) is 0.520. The number of hydrogen-bond acceptors (Lipinski definition) is 1. The summed E-state index contributed by atoms with van der Waals surface area (Å²) in [7, 11) is 0. The largest absolute Gasteiger partial charge is 0.491 e. The summed E-state index contributed by atoms with van der Waals surface area (Å²) < 4.78 is 19.7. The molecule has 2 aromatic carbocycles. The fourth-order valence-electron chi connectivity index (χ4n) is 3.27. The van der Waals surface area contributed by atoms with E-state index >= 15 is 0 Å². The summed E-state index contributed by atoms with van der Waals surface area (Å²) in [5, 5.41) is 0. The summed E-state index contributed by atoms with van der Waals surface area (Å²) in [6.07, 6.45) is 12.5.